The quantitative estimate of drug-likeness (QED) is 0.563. The van der Waals surface area contributed by atoms with E-state index < -0.39 is 0 Å². The molecule has 0 atom stereocenters. The van der Waals surface area contributed by atoms with E-state index in [1.807, 2.05) is 26.8 Å². The summed E-state index contributed by atoms with van der Waals surface area (Å²) in [7, 11) is 0. The van der Waals surface area contributed by atoms with Gasteiger partial charge < -0.3 is 4.90 Å². The molecule has 5 rings (SSSR count). The lowest BCUT2D eigenvalue weighted by Gasteiger charge is -2.30. The van der Waals surface area contributed by atoms with Gasteiger partial charge in [0.25, 0.3) is 0 Å². The van der Waals surface area contributed by atoms with Crippen LogP contribution in [0.2, 0.25) is 0 Å². The third kappa shape index (κ3) is 3.15. The Balaban J connectivity index is 1.91. The highest BCUT2D eigenvalue weighted by Crippen LogP contribution is 2.50. The van der Waals surface area contributed by atoms with E-state index >= 15 is 0 Å². The second kappa shape index (κ2) is 8.36. The van der Waals surface area contributed by atoms with Gasteiger partial charge >= 0.3 is 0 Å². The van der Waals surface area contributed by atoms with Crippen LogP contribution in [0.15, 0.2) is 30.0 Å². The zero-order valence-electron chi connectivity index (χ0n) is 21.2. The topological polar surface area (TPSA) is 105 Å². The number of aromatic nitrogens is 3. The molecular formula is C29H27N7. The van der Waals surface area contributed by atoms with Gasteiger partial charge in [0.15, 0.2) is 11.2 Å². The number of aryl methyl sites for hydroxylation is 1. The summed E-state index contributed by atoms with van der Waals surface area (Å²) >= 11 is 0. The van der Waals surface area contributed by atoms with Gasteiger partial charge in [-0.3, -0.25) is 4.40 Å². The van der Waals surface area contributed by atoms with Crippen LogP contribution in [0.1, 0.15) is 68.1 Å². The molecule has 0 fully saturated rings. The molecule has 0 radical (unpaired) electrons. The Morgan fingerprint density at radius 1 is 1.11 bits per heavy atom. The smallest absolute Gasteiger partial charge is 0.179 e. The lowest BCUT2D eigenvalue weighted by molar-refractivity contribution is 0.626. The molecule has 0 N–H and O–H groups in total. The first-order valence-corrected chi connectivity index (χ1v) is 12.2. The van der Waals surface area contributed by atoms with Crippen molar-refractivity contribution in [1.29, 1.82) is 15.8 Å². The summed E-state index contributed by atoms with van der Waals surface area (Å²) in [5, 5.41) is 39.5. The monoisotopic (exact) mass is 473 g/mol. The average molecular weight is 474 g/mol. The molecule has 2 aromatic heterocycles. The lowest BCUT2D eigenvalue weighted by Crippen LogP contribution is -2.38. The number of rotatable bonds is 2. The van der Waals surface area contributed by atoms with E-state index in [1.165, 1.54) is 16.8 Å². The third-order valence-corrected chi connectivity index (χ3v) is 7.49. The number of hydrogen-bond acceptors (Lipinski definition) is 6. The molecule has 1 aromatic carbocycles. The van der Waals surface area contributed by atoms with Gasteiger partial charge in [0.2, 0.25) is 0 Å². The first-order valence-electron chi connectivity index (χ1n) is 12.2. The Kier molecular flexibility index (Phi) is 5.42. The van der Waals surface area contributed by atoms with Crippen molar-refractivity contribution in [3.05, 3.63) is 68.6 Å². The zero-order valence-corrected chi connectivity index (χ0v) is 21.2. The molecule has 178 valence electrons. The minimum absolute atomic E-state index is 0.0205. The lowest BCUT2D eigenvalue weighted by atomic mass is 9.83. The van der Waals surface area contributed by atoms with Crippen LogP contribution >= 0.6 is 0 Å². The largest absolute Gasteiger partial charge is 0.344 e. The number of nitrogens with zero attached hydrogens (tertiary/aromatic N) is 7. The highest BCUT2D eigenvalue weighted by atomic mass is 15.3. The molecule has 2 aliphatic rings. The predicted molar refractivity (Wildman–Crippen MR) is 138 cm³/mol. The summed E-state index contributed by atoms with van der Waals surface area (Å²) in [6.45, 7) is 11.2. The van der Waals surface area contributed by atoms with E-state index in [-0.39, 0.29) is 16.9 Å². The van der Waals surface area contributed by atoms with Crippen LogP contribution in [0.4, 0.5) is 5.69 Å². The number of fused-ring (bicyclic) bond motifs is 1. The molecule has 0 amide bonds. The van der Waals surface area contributed by atoms with Crippen molar-refractivity contribution in [2.45, 2.75) is 58.8 Å². The van der Waals surface area contributed by atoms with Crippen molar-refractivity contribution in [3.8, 4) is 18.2 Å². The van der Waals surface area contributed by atoms with Crippen LogP contribution in [0.25, 0.3) is 17.3 Å². The molecule has 0 bridgehead atoms. The van der Waals surface area contributed by atoms with Crippen LogP contribution < -0.4 is 15.5 Å². The average Bonchev–Trinajstić information content (AvgIpc) is 3.38. The first kappa shape index (κ1) is 23.3. The van der Waals surface area contributed by atoms with Gasteiger partial charge in [-0.15, -0.1) is 10.2 Å². The Morgan fingerprint density at radius 3 is 2.53 bits per heavy atom. The van der Waals surface area contributed by atoms with Crippen LogP contribution in [0.5, 0.6) is 0 Å². The van der Waals surface area contributed by atoms with Crippen LogP contribution in [0, 0.1) is 40.9 Å². The van der Waals surface area contributed by atoms with Gasteiger partial charge in [-0.05, 0) is 42.5 Å². The number of pyridine rings is 1. The molecule has 7 nitrogen and oxygen atoms in total. The normalized spacial score (nSPS) is 17.2. The maximum Gasteiger partial charge on any atom is 0.179 e. The van der Waals surface area contributed by atoms with Gasteiger partial charge in [-0.25, -0.2) is 0 Å². The van der Waals surface area contributed by atoms with Crippen LogP contribution in [0.3, 0.4) is 0 Å². The Labute approximate surface area is 210 Å². The van der Waals surface area contributed by atoms with E-state index in [2.05, 4.69) is 71.4 Å². The molecule has 4 heterocycles. The Bertz CT molecular complexity index is 1700. The summed E-state index contributed by atoms with van der Waals surface area (Å²) < 4.78 is 1.72. The highest BCUT2D eigenvalue weighted by molar-refractivity contribution is 5.77. The van der Waals surface area contributed by atoms with Crippen molar-refractivity contribution in [1.82, 2.24) is 14.6 Å². The summed E-state index contributed by atoms with van der Waals surface area (Å²) in [5.41, 5.74) is 6.35. The molecule has 0 saturated carbocycles. The zero-order chi connectivity index (χ0) is 25.8. The van der Waals surface area contributed by atoms with Gasteiger partial charge in [0.05, 0.1) is 5.35 Å². The third-order valence-electron chi connectivity index (χ3n) is 7.49. The number of hydrogen-bond donors (Lipinski definition) is 0. The fourth-order valence-electron chi connectivity index (χ4n) is 5.70. The predicted octanol–water partition coefficient (Wildman–Crippen LogP) is 3.64. The van der Waals surface area contributed by atoms with Crippen molar-refractivity contribution < 1.29 is 0 Å². The summed E-state index contributed by atoms with van der Waals surface area (Å²) in [6.07, 6.45) is 6.21. The van der Waals surface area contributed by atoms with Gasteiger partial charge in [0, 0.05) is 34.5 Å². The van der Waals surface area contributed by atoms with Crippen molar-refractivity contribution in [2.24, 2.45) is 0 Å². The maximum atomic E-state index is 10.0. The molecule has 0 aliphatic carbocycles. The van der Waals surface area contributed by atoms with E-state index in [1.54, 1.807) is 4.40 Å². The molecule has 0 saturated heterocycles. The molecule has 3 aromatic rings. The minimum Gasteiger partial charge on any atom is -0.344 e. The molecule has 2 aliphatic heterocycles. The summed E-state index contributed by atoms with van der Waals surface area (Å²) in [4.78, 5) is 2.40. The van der Waals surface area contributed by atoms with Crippen molar-refractivity contribution >= 4 is 23.0 Å². The maximum absolute atomic E-state index is 10.0. The minimum atomic E-state index is -0.209. The number of para-hydroxylation sites is 1. The number of nitriles is 3. The highest BCUT2D eigenvalue weighted by Gasteiger charge is 2.41. The van der Waals surface area contributed by atoms with Crippen LogP contribution in [-0.2, 0) is 11.8 Å². The first-order chi connectivity index (χ1) is 17.3. The fourth-order valence-corrected chi connectivity index (χ4v) is 5.70. The number of benzene rings is 1. The Hall–Kier alpha value is -4.41. The SMILES string of the molecule is Cc1c(C#N)c2nnc(C(C)C)n2c(=C(C#N)C#N)c1=CC=C1N2CCCc3cccc(c32)C1(C)C. The number of anilines is 1. The van der Waals surface area contributed by atoms with E-state index in [0.29, 0.717) is 33.2 Å². The van der Waals surface area contributed by atoms with E-state index in [9.17, 15) is 15.8 Å². The molecule has 36 heavy (non-hydrogen) atoms. The molecule has 0 spiro atoms. The van der Waals surface area contributed by atoms with E-state index in [0.717, 1.165) is 25.1 Å². The standard InChI is InChI=1S/C29H27N7/c1-17(2)27-33-34-28-22(16-32)18(3)21(25(36(27)28)20(14-30)15-31)11-12-24-29(4,5)23-10-6-8-19-9-7-13-35(24)26(19)23/h6,8,10-12,17H,7,9,13H2,1-5H3. The van der Waals surface area contributed by atoms with Gasteiger partial charge in [-0.1, -0.05) is 52.0 Å². The van der Waals surface area contributed by atoms with Gasteiger partial charge in [0.1, 0.15) is 29.6 Å². The number of allylic oxidation sites excluding steroid dienone is 2. The van der Waals surface area contributed by atoms with Crippen LogP contribution in [-0.4, -0.2) is 21.1 Å². The summed E-state index contributed by atoms with van der Waals surface area (Å²) in [5.74, 6) is 0.587. The second-order valence-corrected chi connectivity index (χ2v) is 10.3. The van der Waals surface area contributed by atoms with Crippen molar-refractivity contribution in [2.75, 3.05) is 11.4 Å². The fraction of sp³-hybridized carbons (Fsp3) is 0.345. The van der Waals surface area contributed by atoms with Crippen molar-refractivity contribution in [3.63, 3.8) is 0 Å². The second-order valence-electron chi connectivity index (χ2n) is 10.3. The summed E-state index contributed by atoms with van der Waals surface area (Å²) in [6, 6.07) is 13.0. The van der Waals surface area contributed by atoms with E-state index in [4.69, 9.17) is 0 Å². The van der Waals surface area contributed by atoms with Gasteiger partial charge in [-0.2, -0.15) is 15.8 Å². The molecule has 0 unspecified atom stereocenters. The Morgan fingerprint density at radius 2 is 1.86 bits per heavy atom. The molecule has 7 heteroatoms. The molecular weight excluding hydrogens is 446 g/mol.